The van der Waals surface area contributed by atoms with E-state index in [0.717, 1.165) is 0 Å². The quantitative estimate of drug-likeness (QED) is 0.471. The topological polar surface area (TPSA) is 81.9 Å². The Morgan fingerprint density at radius 1 is 1.56 bits per heavy atom. The molecule has 2 N–H and O–H groups in total. The van der Waals surface area contributed by atoms with Gasteiger partial charge in [0.1, 0.15) is 5.71 Å². The molecule has 0 aromatic heterocycles. The highest BCUT2D eigenvalue weighted by molar-refractivity contribution is 6.42. The molecule has 1 aliphatic rings. The first kappa shape index (κ1) is 5.74. The van der Waals surface area contributed by atoms with Gasteiger partial charge in [-0.15, -0.1) is 5.10 Å². The van der Waals surface area contributed by atoms with Gasteiger partial charge in [0.25, 0.3) is 0 Å². The third-order valence-electron chi connectivity index (χ3n) is 0.872. The van der Waals surface area contributed by atoms with Gasteiger partial charge in [-0.2, -0.15) is 4.99 Å². The summed E-state index contributed by atoms with van der Waals surface area (Å²) in [5.41, 5.74) is 8.83. The predicted molar refractivity (Wildman–Crippen MR) is 32.3 cm³/mol. The third-order valence-corrected chi connectivity index (χ3v) is 0.872. The Hall–Kier alpha value is -1.39. The van der Waals surface area contributed by atoms with Gasteiger partial charge in [-0.05, 0) is 6.92 Å². The minimum Gasteiger partial charge on any atom is -0.382 e. The lowest BCUT2D eigenvalue weighted by Crippen LogP contribution is -2.29. The molecule has 1 heterocycles. The molecule has 0 bridgehead atoms. The van der Waals surface area contributed by atoms with Gasteiger partial charge in [0.2, 0.25) is 0 Å². The van der Waals surface area contributed by atoms with Gasteiger partial charge < -0.3 is 5.73 Å². The molecule has 0 fully saturated rings. The monoisotopic (exact) mass is 125 g/mol. The number of amidine groups is 1. The second-order valence-corrected chi connectivity index (χ2v) is 1.57. The molecule has 1 rings (SSSR count). The first-order valence-electron chi connectivity index (χ1n) is 2.34. The summed E-state index contributed by atoms with van der Waals surface area (Å²) in [5.74, 6) is 0.148. The highest BCUT2D eigenvalue weighted by atomic mass is 16.2. The Morgan fingerprint density at radius 3 is 2.67 bits per heavy atom. The normalized spacial score (nSPS) is 18.1. The second-order valence-electron chi connectivity index (χ2n) is 1.57. The lowest BCUT2D eigenvalue weighted by Gasteiger charge is -2.01. The zero-order valence-corrected chi connectivity index (χ0v) is 4.83. The van der Waals surface area contributed by atoms with Crippen LogP contribution in [0.2, 0.25) is 0 Å². The smallest absolute Gasteiger partial charge is 0.382 e. The van der Waals surface area contributed by atoms with Crippen LogP contribution in [0.25, 0.3) is 0 Å². The van der Waals surface area contributed by atoms with E-state index in [1.165, 1.54) is 0 Å². The molecule has 5 nitrogen and oxygen atoms in total. The molecule has 0 atom stereocenters. The fraction of sp³-hybridized carbons (Fsp3) is 0.250. The predicted octanol–water partition coefficient (Wildman–Crippen LogP) is -0.542. The number of amides is 2. The minimum atomic E-state index is -0.641. The summed E-state index contributed by atoms with van der Waals surface area (Å²) in [6.07, 6.45) is 0. The molecule has 0 aromatic rings. The summed E-state index contributed by atoms with van der Waals surface area (Å²) in [5, 5.41) is 3.43. The molecular formula is C4H5N4O. The summed E-state index contributed by atoms with van der Waals surface area (Å²) in [6, 6.07) is -0.641. The van der Waals surface area contributed by atoms with Crippen molar-refractivity contribution in [3.05, 3.63) is 0 Å². The Labute approximate surface area is 51.6 Å². The largest absolute Gasteiger partial charge is 0.387 e. The van der Waals surface area contributed by atoms with Crippen LogP contribution in [0.1, 0.15) is 6.92 Å². The fourth-order valence-corrected chi connectivity index (χ4v) is 0.375. The number of rotatable bonds is 0. The maximum Gasteiger partial charge on any atom is 0.387 e. The van der Waals surface area contributed by atoms with E-state index in [9.17, 15) is 4.79 Å². The van der Waals surface area contributed by atoms with Crippen molar-refractivity contribution < 1.29 is 4.79 Å². The molecule has 0 saturated carbocycles. The molecular weight excluding hydrogens is 120 g/mol. The van der Waals surface area contributed by atoms with Crippen molar-refractivity contribution in [2.45, 2.75) is 6.92 Å². The highest BCUT2D eigenvalue weighted by Gasteiger charge is 2.09. The van der Waals surface area contributed by atoms with Gasteiger partial charge in [-0.3, -0.25) is 0 Å². The number of hydrogen-bond acceptors (Lipinski definition) is 3. The number of hydrogen-bond donors (Lipinski definition) is 1. The SMILES string of the molecule is CC1=N[N]C(=O)N=C1N. The van der Waals surface area contributed by atoms with Crippen LogP contribution >= 0.6 is 0 Å². The van der Waals surface area contributed by atoms with Gasteiger partial charge in [0.15, 0.2) is 5.84 Å². The van der Waals surface area contributed by atoms with Crippen LogP contribution in [0.4, 0.5) is 4.79 Å². The summed E-state index contributed by atoms with van der Waals surface area (Å²) >= 11 is 0. The Kier molecular flexibility index (Phi) is 1.18. The van der Waals surface area contributed by atoms with Gasteiger partial charge in [-0.1, -0.05) is 5.43 Å². The zero-order valence-electron chi connectivity index (χ0n) is 4.83. The van der Waals surface area contributed by atoms with E-state index in [1.54, 1.807) is 6.92 Å². The molecule has 0 unspecified atom stereocenters. The standard InChI is InChI=1S/C4H5N4O/c1-2-3(5)6-4(9)8-7-2/h1H3,(H2,5,6,9). The van der Waals surface area contributed by atoms with Crippen molar-refractivity contribution in [2.75, 3.05) is 0 Å². The second kappa shape index (κ2) is 1.85. The molecule has 1 radical (unpaired) electrons. The number of aliphatic imine (C=N–C) groups is 1. The number of carbonyl (C=O) groups is 1. The molecule has 5 heteroatoms. The van der Waals surface area contributed by atoms with Crippen LogP contribution in [0.3, 0.4) is 0 Å². The van der Waals surface area contributed by atoms with E-state index < -0.39 is 6.03 Å². The average Bonchev–Trinajstić information content (AvgIpc) is 1.80. The van der Waals surface area contributed by atoms with Crippen LogP contribution in [0.5, 0.6) is 0 Å². The molecule has 0 aromatic carbocycles. The highest BCUT2D eigenvalue weighted by Crippen LogP contribution is 1.88. The number of urea groups is 1. The van der Waals surface area contributed by atoms with Gasteiger partial charge in [-0.25, -0.2) is 4.79 Å². The summed E-state index contributed by atoms with van der Waals surface area (Å²) in [7, 11) is 0. The molecule has 0 aliphatic carbocycles. The van der Waals surface area contributed by atoms with Gasteiger partial charge in [0.05, 0.1) is 0 Å². The summed E-state index contributed by atoms with van der Waals surface area (Å²) < 4.78 is 0. The van der Waals surface area contributed by atoms with Crippen molar-refractivity contribution in [3.63, 3.8) is 0 Å². The van der Waals surface area contributed by atoms with Crippen LogP contribution in [-0.2, 0) is 0 Å². The fourth-order valence-electron chi connectivity index (χ4n) is 0.375. The summed E-state index contributed by atoms with van der Waals surface area (Å²) in [6.45, 7) is 1.63. The minimum absolute atomic E-state index is 0.148. The molecule has 9 heavy (non-hydrogen) atoms. The molecule has 0 saturated heterocycles. The third kappa shape index (κ3) is 1.04. The van der Waals surface area contributed by atoms with Crippen LogP contribution < -0.4 is 11.2 Å². The van der Waals surface area contributed by atoms with Crippen LogP contribution in [0.15, 0.2) is 10.1 Å². The van der Waals surface area contributed by atoms with E-state index in [0.29, 0.717) is 5.71 Å². The number of nitrogens with two attached hydrogens (primary N) is 1. The lowest BCUT2D eigenvalue weighted by atomic mass is 10.4. The first-order chi connectivity index (χ1) is 4.20. The Morgan fingerprint density at radius 2 is 2.22 bits per heavy atom. The van der Waals surface area contributed by atoms with Crippen molar-refractivity contribution in [3.8, 4) is 0 Å². The number of nitrogens with zero attached hydrogens (tertiary/aromatic N) is 3. The van der Waals surface area contributed by atoms with Crippen LogP contribution in [-0.4, -0.2) is 17.6 Å². The van der Waals surface area contributed by atoms with E-state index in [-0.39, 0.29) is 5.84 Å². The summed E-state index contributed by atoms with van der Waals surface area (Å²) in [4.78, 5) is 13.6. The maximum atomic E-state index is 10.3. The van der Waals surface area contributed by atoms with E-state index in [4.69, 9.17) is 5.73 Å². The molecule has 47 valence electrons. The van der Waals surface area contributed by atoms with Gasteiger partial charge in [0, 0.05) is 0 Å². The van der Waals surface area contributed by atoms with E-state index >= 15 is 0 Å². The average molecular weight is 125 g/mol. The maximum absolute atomic E-state index is 10.3. The van der Waals surface area contributed by atoms with Crippen molar-refractivity contribution in [1.29, 1.82) is 0 Å². The van der Waals surface area contributed by atoms with Gasteiger partial charge >= 0.3 is 6.03 Å². The zero-order chi connectivity index (χ0) is 6.85. The van der Waals surface area contributed by atoms with Crippen LogP contribution in [0, 0.1) is 0 Å². The Bertz CT molecular complexity index is 205. The lowest BCUT2D eigenvalue weighted by molar-refractivity contribution is 0.248. The Balaban J connectivity index is 2.87. The molecule has 1 aliphatic heterocycles. The molecule has 2 amide bonds. The molecule has 0 spiro atoms. The number of carbonyl (C=O) groups excluding carboxylic acids is 1. The van der Waals surface area contributed by atoms with Crippen molar-refractivity contribution in [1.82, 2.24) is 5.43 Å². The first-order valence-corrected chi connectivity index (χ1v) is 2.34. The van der Waals surface area contributed by atoms with Crippen molar-refractivity contribution in [2.24, 2.45) is 15.8 Å². The van der Waals surface area contributed by atoms with Crippen molar-refractivity contribution >= 4 is 17.6 Å². The van der Waals surface area contributed by atoms with E-state index in [2.05, 4.69) is 15.5 Å². The van der Waals surface area contributed by atoms with E-state index in [1.807, 2.05) is 0 Å².